The van der Waals surface area contributed by atoms with Crippen LogP contribution in [0.2, 0.25) is 0 Å². The number of hydrogen-bond acceptors (Lipinski definition) is 6. The second-order valence-corrected chi connectivity index (χ2v) is 8.53. The van der Waals surface area contributed by atoms with Crippen molar-refractivity contribution in [1.82, 2.24) is 29.3 Å². The van der Waals surface area contributed by atoms with Crippen molar-refractivity contribution in [2.75, 3.05) is 38.5 Å². The van der Waals surface area contributed by atoms with E-state index in [0.29, 0.717) is 13.1 Å². The van der Waals surface area contributed by atoms with Gasteiger partial charge in [0.1, 0.15) is 12.1 Å². The summed E-state index contributed by atoms with van der Waals surface area (Å²) in [6.45, 7) is 8.78. The molecule has 8 nitrogen and oxygen atoms in total. The Morgan fingerprint density at radius 1 is 1.03 bits per heavy atom. The van der Waals surface area contributed by atoms with Crippen molar-refractivity contribution in [2.45, 2.75) is 26.6 Å². The molecule has 0 saturated carbocycles. The molecule has 32 heavy (non-hydrogen) atoms. The van der Waals surface area contributed by atoms with Crippen LogP contribution in [0, 0.1) is 0 Å². The zero-order valence-corrected chi connectivity index (χ0v) is 18.6. The normalized spacial score (nSPS) is 15.6. The summed E-state index contributed by atoms with van der Waals surface area (Å²) < 4.78 is 1.72. The maximum Gasteiger partial charge on any atom is 0.326 e. The molecular formula is C24H29N7O. The Balaban J connectivity index is 1.30. The van der Waals surface area contributed by atoms with E-state index in [9.17, 15) is 4.79 Å². The summed E-state index contributed by atoms with van der Waals surface area (Å²) in [5, 5.41) is 4.34. The van der Waals surface area contributed by atoms with E-state index in [1.54, 1.807) is 10.9 Å². The van der Waals surface area contributed by atoms with Crippen molar-refractivity contribution in [2.24, 2.45) is 0 Å². The first kappa shape index (κ1) is 20.7. The van der Waals surface area contributed by atoms with Gasteiger partial charge in [-0.25, -0.2) is 14.8 Å². The molecule has 2 N–H and O–H groups in total. The Hall–Kier alpha value is -3.23. The van der Waals surface area contributed by atoms with Crippen molar-refractivity contribution in [3.63, 3.8) is 0 Å². The molecule has 5 rings (SSSR count). The monoisotopic (exact) mass is 431 g/mol. The van der Waals surface area contributed by atoms with Gasteiger partial charge in [0.15, 0.2) is 0 Å². The lowest BCUT2D eigenvalue weighted by atomic mass is 10.1. The van der Waals surface area contributed by atoms with Gasteiger partial charge in [-0.05, 0) is 37.2 Å². The zero-order valence-electron chi connectivity index (χ0n) is 18.6. The Morgan fingerprint density at radius 2 is 1.78 bits per heavy atom. The maximum absolute atomic E-state index is 12.2. The Kier molecular flexibility index (Phi) is 5.63. The highest BCUT2D eigenvalue weighted by molar-refractivity contribution is 5.98. The summed E-state index contributed by atoms with van der Waals surface area (Å²) >= 11 is 0. The average molecular weight is 432 g/mol. The first-order valence-corrected chi connectivity index (χ1v) is 11.2. The highest BCUT2D eigenvalue weighted by atomic mass is 16.1. The molecule has 0 atom stereocenters. The predicted molar refractivity (Wildman–Crippen MR) is 128 cm³/mol. The highest BCUT2D eigenvalue weighted by Crippen LogP contribution is 2.24. The van der Waals surface area contributed by atoms with E-state index < -0.39 is 0 Å². The minimum absolute atomic E-state index is 0.100. The topological polar surface area (TPSA) is 82.1 Å². The number of aromatic nitrogens is 4. The van der Waals surface area contributed by atoms with Crippen LogP contribution in [-0.4, -0.2) is 62.5 Å². The van der Waals surface area contributed by atoms with Crippen LogP contribution in [-0.2, 0) is 19.6 Å². The molecule has 0 radical (unpaired) electrons. The molecular weight excluding hydrogens is 402 g/mol. The largest absolute Gasteiger partial charge is 0.365 e. The third-order valence-corrected chi connectivity index (χ3v) is 6.33. The molecule has 1 aliphatic heterocycles. The zero-order chi connectivity index (χ0) is 22.1. The molecule has 2 aromatic carbocycles. The van der Waals surface area contributed by atoms with Gasteiger partial charge in [0.2, 0.25) is 0 Å². The van der Waals surface area contributed by atoms with E-state index in [0.717, 1.165) is 60.5 Å². The molecule has 0 bridgehead atoms. The third kappa shape index (κ3) is 4.11. The number of aromatic amines is 1. The number of rotatable bonds is 6. The van der Waals surface area contributed by atoms with E-state index in [-0.39, 0.29) is 5.69 Å². The van der Waals surface area contributed by atoms with Crippen LogP contribution in [0.5, 0.6) is 0 Å². The number of anilines is 1. The summed E-state index contributed by atoms with van der Waals surface area (Å²) in [4.78, 5) is 28.8. The van der Waals surface area contributed by atoms with Crippen molar-refractivity contribution < 1.29 is 0 Å². The molecule has 4 aromatic rings. The summed E-state index contributed by atoms with van der Waals surface area (Å²) in [7, 11) is 2.18. The van der Waals surface area contributed by atoms with Gasteiger partial charge in [-0.3, -0.25) is 9.47 Å². The number of piperazine rings is 1. The lowest BCUT2D eigenvalue weighted by Crippen LogP contribution is -2.43. The highest BCUT2D eigenvalue weighted by Gasteiger charge is 2.14. The van der Waals surface area contributed by atoms with Crippen molar-refractivity contribution in [3.05, 3.63) is 64.3 Å². The number of hydrogen-bond donors (Lipinski definition) is 2. The van der Waals surface area contributed by atoms with Crippen molar-refractivity contribution in [1.29, 1.82) is 0 Å². The minimum atomic E-state index is -0.100. The molecule has 2 aromatic heterocycles. The van der Waals surface area contributed by atoms with Crippen LogP contribution in [0.25, 0.3) is 21.9 Å². The SMILES string of the molecule is CCn1c(=O)[nH]c2cc3c(NCc4ccc(CN5CCN(C)CC5)cc4)ncnc3cc21. The van der Waals surface area contributed by atoms with Gasteiger partial charge in [-0.1, -0.05) is 24.3 Å². The number of imidazole rings is 1. The van der Waals surface area contributed by atoms with Crippen LogP contribution in [0.4, 0.5) is 5.82 Å². The second-order valence-electron chi connectivity index (χ2n) is 8.53. The summed E-state index contributed by atoms with van der Waals surface area (Å²) in [5.41, 5.74) is 4.93. The van der Waals surface area contributed by atoms with E-state index in [1.807, 2.05) is 19.1 Å². The molecule has 1 aliphatic rings. The fourth-order valence-corrected chi connectivity index (χ4v) is 4.37. The number of nitrogens with zero attached hydrogens (tertiary/aromatic N) is 5. The summed E-state index contributed by atoms with van der Waals surface area (Å²) in [6, 6.07) is 12.7. The lowest BCUT2D eigenvalue weighted by molar-refractivity contribution is 0.148. The Bertz CT molecular complexity index is 1280. The first-order valence-electron chi connectivity index (χ1n) is 11.2. The van der Waals surface area contributed by atoms with Gasteiger partial charge in [0.05, 0.1) is 16.6 Å². The molecule has 1 fully saturated rings. The molecule has 166 valence electrons. The van der Waals surface area contributed by atoms with Gasteiger partial charge in [-0.2, -0.15) is 0 Å². The van der Waals surface area contributed by atoms with E-state index in [4.69, 9.17) is 0 Å². The van der Waals surface area contributed by atoms with Crippen LogP contribution in [0.3, 0.4) is 0 Å². The van der Waals surface area contributed by atoms with Crippen LogP contribution >= 0.6 is 0 Å². The molecule has 0 unspecified atom stereocenters. The van der Waals surface area contributed by atoms with Crippen LogP contribution in [0.15, 0.2) is 47.5 Å². The number of benzene rings is 2. The summed E-state index contributed by atoms with van der Waals surface area (Å²) in [5.74, 6) is 0.767. The molecule has 0 amide bonds. The fourth-order valence-electron chi connectivity index (χ4n) is 4.37. The number of aryl methyl sites for hydroxylation is 1. The quantitative estimate of drug-likeness (QED) is 0.489. The van der Waals surface area contributed by atoms with Gasteiger partial charge in [-0.15, -0.1) is 0 Å². The van der Waals surface area contributed by atoms with Gasteiger partial charge >= 0.3 is 5.69 Å². The number of likely N-dealkylation sites (N-methyl/N-ethyl adjacent to an activating group) is 1. The van der Waals surface area contributed by atoms with Crippen molar-refractivity contribution in [3.8, 4) is 0 Å². The second kappa shape index (κ2) is 8.72. The average Bonchev–Trinajstić information content (AvgIpc) is 3.12. The van der Waals surface area contributed by atoms with Gasteiger partial charge < -0.3 is 15.2 Å². The maximum atomic E-state index is 12.2. The van der Waals surface area contributed by atoms with Crippen molar-refractivity contribution >= 4 is 27.8 Å². The van der Waals surface area contributed by atoms with Crippen LogP contribution in [0.1, 0.15) is 18.1 Å². The molecule has 8 heteroatoms. The smallest absolute Gasteiger partial charge is 0.326 e. The number of fused-ring (bicyclic) bond motifs is 2. The minimum Gasteiger partial charge on any atom is -0.365 e. The summed E-state index contributed by atoms with van der Waals surface area (Å²) in [6.07, 6.45) is 1.57. The van der Waals surface area contributed by atoms with E-state index in [1.165, 1.54) is 11.1 Å². The Morgan fingerprint density at radius 3 is 2.53 bits per heavy atom. The van der Waals surface area contributed by atoms with Crippen LogP contribution < -0.4 is 11.0 Å². The molecule has 3 heterocycles. The number of H-pyrrole nitrogens is 1. The Labute approximate surface area is 186 Å². The molecule has 0 spiro atoms. The molecule has 1 saturated heterocycles. The fraction of sp³-hybridized carbons (Fsp3) is 0.375. The standard InChI is InChI=1S/C24H29N7O/c1-3-31-22-13-20-19(12-21(22)28-24(31)32)23(27-16-26-20)25-14-17-4-6-18(7-5-17)15-30-10-8-29(2)9-11-30/h4-7,12-13,16H,3,8-11,14-15H2,1-2H3,(H,28,32)(H,25,26,27). The van der Waals surface area contributed by atoms with Gasteiger partial charge in [0.25, 0.3) is 0 Å². The number of nitrogens with one attached hydrogen (secondary N) is 2. The predicted octanol–water partition coefficient (Wildman–Crippen LogP) is 2.65. The third-order valence-electron chi connectivity index (χ3n) is 6.33. The van der Waals surface area contributed by atoms with Gasteiger partial charge in [0, 0.05) is 51.2 Å². The van der Waals surface area contributed by atoms with E-state index >= 15 is 0 Å². The van der Waals surface area contributed by atoms with E-state index in [2.05, 4.69) is 61.4 Å². The molecule has 0 aliphatic carbocycles. The first-order chi connectivity index (χ1) is 15.6. The lowest BCUT2D eigenvalue weighted by Gasteiger charge is -2.32.